The van der Waals surface area contributed by atoms with Crippen LogP contribution in [0.2, 0.25) is 0 Å². The lowest BCUT2D eigenvalue weighted by molar-refractivity contribution is -0.143. The lowest BCUT2D eigenvalue weighted by Crippen LogP contribution is -2.47. The molecule has 1 heterocycles. The normalized spacial score (nSPS) is 19.1. The standard InChI is InChI=1S/C15H29N3O3/c1-12(2)17(3)9-5-4-8-16-15(21)18-10-6-7-13(11-18)14(19)20/h12-13H,4-11H2,1-3H3,(H,16,21)(H,19,20). The molecular formula is C15H29N3O3. The van der Waals surface area contributed by atoms with Gasteiger partial charge in [-0.15, -0.1) is 0 Å². The predicted octanol–water partition coefficient (Wildman–Crippen LogP) is 1.61. The molecule has 1 unspecified atom stereocenters. The lowest BCUT2D eigenvalue weighted by Gasteiger charge is -2.30. The molecule has 0 aromatic heterocycles. The van der Waals surface area contributed by atoms with Crippen LogP contribution >= 0.6 is 0 Å². The predicted molar refractivity (Wildman–Crippen MR) is 82.3 cm³/mol. The number of amides is 2. The fourth-order valence-corrected chi connectivity index (χ4v) is 2.41. The Labute approximate surface area is 127 Å². The monoisotopic (exact) mass is 299 g/mol. The van der Waals surface area contributed by atoms with E-state index in [0.29, 0.717) is 32.1 Å². The highest BCUT2D eigenvalue weighted by atomic mass is 16.4. The third-order valence-corrected chi connectivity index (χ3v) is 4.15. The maximum absolute atomic E-state index is 12.0. The zero-order valence-electron chi connectivity index (χ0n) is 13.5. The molecule has 21 heavy (non-hydrogen) atoms. The van der Waals surface area contributed by atoms with Gasteiger partial charge in [0.05, 0.1) is 5.92 Å². The van der Waals surface area contributed by atoms with E-state index in [2.05, 4.69) is 31.1 Å². The molecule has 6 nitrogen and oxygen atoms in total. The summed E-state index contributed by atoms with van der Waals surface area (Å²) in [6.45, 7) is 6.99. The Morgan fingerprint density at radius 3 is 2.71 bits per heavy atom. The second-order valence-corrected chi connectivity index (χ2v) is 6.14. The van der Waals surface area contributed by atoms with Gasteiger partial charge in [-0.1, -0.05) is 0 Å². The number of carbonyl (C=O) groups excluding carboxylic acids is 1. The number of nitrogens with one attached hydrogen (secondary N) is 1. The van der Waals surface area contributed by atoms with E-state index in [4.69, 9.17) is 5.11 Å². The number of piperidine rings is 1. The van der Waals surface area contributed by atoms with E-state index in [0.717, 1.165) is 25.8 Å². The van der Waals surface area contributed by atoms with Gasteiger partial charge in [0.2, 0.25) is 0 Å². The van der Waals surface area contributed by atoms with E-state index in [1.807, 2.05) is 0 Å². The Morgan fingerprint density at radius 2 is 2.10 bits per heavy atom. The van der Waals surface area contributed by atoms with Crippen molar-refractivity contribution in [2.75, 3.05) is 33.2 Å². The molecule has 1 aliphatic heterocycles. The third-order valence-electron chi connectivity index (χ3n) is 4.15. The molecule has 2 N–H and O–H groups in total. The van der Waals surface area contributed by atoms with Crippen LogP contribution < -0.4 is 5.32 Å². The van der Waals surface area contributed by atoms with Gasteiger partial charge in [0.1, 0.15) is 0 Å². The molecule has 2 amide bonds. The number of carbonyl (C=O) groups is 2. The number of urea groups is 1. The summed E-state index contributed by atoms with van der Waals surface area (Å²) >= 11 is 0. The molecule has 1 atom stereocenters. The molecule has 1 rings (SSSR count). The van der Waals surface area contributed by atoms with Crippen molar-refractivity contribution in [3.05, 3.63) is 0 Å². The number of carboxylic acids is 1. The second kappa shape index (κ2) is 8.87. The second-order valence-electron chi connectivity index (χ2n) is 6.14. The van der Waals surface area contributed by atoms with Crippen LogP contribution in [0.25, 0.3) is 0 Å². The van der Waals surface area contributed by atoms with E-state index in [-0.39, 0.29) is 6.03 Å². The molecule has 122 valence electrons. The summed E-state index contributed by atoms with van der Waals surface area (Å²) in [7, 11) is 2.10. The molecule has 0 aliphatic carbocycles. The first-order valence-corrected chi connectivity index (χ1v) is 7.87. The Morgan fingerprint density at radius 1 is 1.38 bits per heavy atom. The first-order valence-electron chi connectivity index (χ1n) is 7.87. The molecule has 0 aromatic carbocycles. The average Bonchev–Trinajstić information content (AvgIpc) is 2.46. The summed E-state index contributed by atoms with van der Waals surface area (Å²) in [5.41, 5.74) is 0. The summed E-state index contributed by atoms with van der Waals surface area (Å²) in [6.07, 6.45) is 3.43. The molecule has 6 heteroatoms. The molecule has 0 aromatic rings. The Hall–Kier alpha value is -1.30. The molecule has 1 fully saturated rings. The van der Waals surface area contributed by atoms with Crippen LogP contribution in [0, 0.1) is 5.92 Å². The van der Waals surface area contributed by atoms with Gasteiger partial charge in [-0.3, -0.25) is 4.79 Å². The van der Waals surface area contributed by atoms with Crippen molar-refractivity contribution in [2.45, 2.75) is 45.6 Å². The maximum atomic E-state index is 12.0. The molecule has 1 saturated heterocycles. The van der Waals surface area contributed by atoms with E-state index in [9.17, 15) is 9.59 Å². The largest absolute Gasteiger partial charge is 0.481 e. The topological polar surface area (TPSA) is 72.9 Å². The van der Waals surface area contributed by atoms with E-state index in [1.54, 1.807) is 4.90 Å². The quantitative estimate of drug-likeness (QED) is 0.701. The molecule has 0 bridgehead atoms. The molecule has 0 saturated carbocycles. The maximum Gasteiger partial charge on any atom is 0.317 e. The average molecular weight is 299 g/mol. The SMILES string of the molecule is CC(C)N(C)CCCCNC(=O)N1CCCC(C(=O)O)C1. The fraction of sp³-hybridized carbons (Fsp3) is 0.867. The highest BCUT2D eigenvalue weighted by molar-refractivity contribution is 5.76. The van der Waals surface area contributed by atoms with Gasteiger partial charge in [-0.2, -0.15) is 0 Å². The minimum atomic E-state index is -0.802. The summed E-state index contributed by atoms with van der Waals surface area (Å²) < 4.78 is 0. The number of unbranched alkanes of at least 4 members (excludes halogenated alkanes) is 1. The Bertz CT molecular complexity index is 347. The highest BCUT2D eigenvalue weighted by Gasteiger charge is 2.27. The summed E-state index contributed by atoms with van der Waals surface area (Å²) in [6, 6.07) is 0.416. The Kier molecular flexibility index (Phi) is 7.50. The molecule has 1 aliphatic rings. The van der Waals surface area contributed by atoms with E-state index < -0.39 is 11.9 Å². The van der Waals surface area contributed by atoms with Gasteiger partial charge in [-0.05, 0) is 53.1 Å². The summed E-state index contributed by atoms with van der Waals surface area (Å²) in [5, 5.41) is 11.9. The number of hydrogen-bond acceptors (Lipinski definition) is 3. The number of hydrogen-bond donors (Lipinski definition) is 2. The van der Waals surface area contributed by atoms with Gasteiger partial charge in [0.25, 0.3) is 0 Å². The summed E-state index contributed by atoms with van der Waals surface area (Å²) in [5.74, 6) is -1.21. The van der Waals surface area contributed by atoms with Crippen LogP contribution in [0.4, 0.5) is 4.79 Å². The fourth-order valence-electron chi connectivity index (χ4n) is 2.41. The van der Waals surface area contributed by atoms with Crippen LogP contribution in [0.3, 0.4) is 0 Å². The number of carboxylic acid groups (broad SMARTS) is 1. The molecule has 0 radical (unpaired) electrons. The van der Waals surface area contributed by atoms with Gasteiger partial charge in [0.15, 0.2) is 0 Å². The zero-order chi connectivity index (χ0) is 15.8. The number of likely N-dealkylation sites (tertiary alicyclic amines) is 1. The van der Waals surface area contributed by atoms with Crippen molar-refractivity contribution in [1.82, 2.24) is 15.1 Å². The van der Waals surface area contributed by atoms with E-state index >= 15 is 0 Å². The van der Waals surface area contributed by atoms with E-state index in [1.165, 1.54) is 0 Å². The minimum Gasteiger partial charge on any atom is -0.481 e. The minimum absolute atomic E-state index is 0.127. The highest BCUT2D eigenvalue weighted by Crippen LogP contribution is 2.16. The van der Waals surface area contributed by atoms with Gasteiger partial charge >= 0.3 is 12.0 Å². The van der Waals surface area contributed by atoms with Crippen LogP contribution in [0.5, 0.6) is 0 Å². The first-order chi connectivity index (χ1) is 9.91. The van der Waals surface area contributed by atoms with Crippen molar-refractivity contribution in [2.24, 2.45) is 5.92 Å². The molecule has 0 spiro atoms. The van der Waals surface area contributed by atoms with Crippen LogP contribution in [-0.4, -0.2) is 66.2 Å². The van der Waals surface area contributed by atoms with Crippen molar-refractivity contribution in [3.63, 3.8) is 0 Å². The van der Waals surface area contributed by atoms with Crippen LogP contribution in [-0.2, 0) is 4.79 Å². The number of aliphatic carboxylic acids is 1. The van der Waals surface area contributed by atoms with Crippen molar-refractivity contribution >= 4 is 12.0 Å². The first kappa shape index (κ1) is 17.8. The zero-order valence-corrected chi connectivity index (χ0v) is 13.5. The van der Waals surface area contributed by atoms with Crippen LogP contribution in [0.1, 0.15) is 39.5 Å². The number of nitrogens with zero attached hydrogens (tertiary/aromatic N) is 2. The van der Waals surface area contributed by atoms with Gasteiger partial charge in [-0.25, -0.2) is 4.79 Å². The number of rotatable bonds is 7. The Balaban J connectivity index is 2.17. The summed E-state index contributed by atoms with van der Waals surface area (Å²) in [4.78, 5) is 26.9. The van der Waals surface area contributed by atoms with Crippen molar-refractivity contribution < 1.29 is 14.7 Å². The van der Waals surface area contributed by atoms with Crippen LogP contribution in [0.15, 0.2) is 0 Å². The smallest absolute Gasteiger partial charge is 0.317 e. The van der Waals surface area contributed by atoms with Gasteiger partial charge < -0.3 is 20.2 Å². The van der Waals surface area contributed by atoms with Crippen molar-refractivity contribution in [1.29, 1.82) is 0 Å². The molecular weight excluding hydrogens is 270 g/mol. The van der Waals surface area contributed by atoms with Crippen molar-refractivity contribution in [3.8, 4) is 0 Å². The third kappa shape index (κ3) is 6.33. The lowest BCUT2D eigenvalue weighted by atomic mass is 9.99. The van der Waals surface area contributed by atoms with Gasteiger partial charge in [0, 0.05) is 25.7 Å².